The molecule has 0 saturated heterocycles. The van der Waals surface area contributed by atoms with Crippen molar-refractivity contribution in [3.8, 4) is 0 Å². The monoisotopic (exact) mass is 253 g/mol. The van der Waals surface area contributed by atoms with Crippen molar-refractivity contribution >= 4 is 12.0 Å². The molecule has 0 aliphatic carbocycles. The molecule has 0 saturated carbocycles. The van der Waals surface area contributed by atoms with Crippen LogP contribution in [-0.2, 0) is 16.1 Å². The van der Waals surface area contributed by atoms with Crippen LogP contribution in [0.1, 0.15) is 5.56 Å². The van der Waals surface area contributed by atoms with Crippen molar-refractivity contribution < 1.29 is 19.5 Å². The van der Waals surface area contributed by atoms with E-state index in [4.69, 9.17) is 5.11 Å². The quantitative estimate of drug-likeness (QED) is 0.710. The fraction of sp³-hybridized carbons (Fsp3) is 0.364. The SMILES string of the molecule is CN(CCc1ccncc1)C(=O)NOCC(=O)O. The van der Waals surface area contributed by atoms with Gasteiger partial charge in [-0.05, 0) is 24.1 Å². The summed E-state index contributed by atoms with van der Waals surface area (Å²) >= 11 is 0. The maximum Gasteiger partial charge on any atom is 0.341 e. The van der Waals surface area contributed by atoms with E-state index < -0.39 is 18.6 Å². The van der Waals surface area contributed by atoms with Gasteiger partial charge < -0.3 is 10.0 Å². The average Bonchev–Trinajstić information content (AvgIpc) is 2.36. The third kappa shape index (κ3) is 5.26. The molecule has 7 heteroatoms. The van der Waals surface area contributed by atoms with Gasteiger partial charge in [0.1, 0.15) is 0 Å². The number of pyridine rings is 1. The number of amides is 2. The summed E-state index contributed by atoms with van der Waals surface area (Å²) in [6, 6.07) is 3.25. The van der Waals surface area contributed by atoms with Crippen molar-refractivity contribution in [3.05, 3.63) is 30.1 Å². The number of carboxylic acids is 1. The van der Waals surface area contributed by atoms with Gasteiger partial charge in [-0.2, -0.15) is 0 Å². The van der Waals surface area contributed by atoms with Crippen molar-refractivity contribution in [3.63, 3.8) is 0 Å². The van der Waals surface area contributed by atoms with Gasteiger partial charge in [-0.3, -0.25) is 9.82 Å². The van der Waals surface area contributed by atoms with Gasteiger partial charge in [0.25, 0.3) is 0 Å². The molecular weight excluding hydrogens is 238 g/mol. The smallest absolute Gasteiger partial charge is 0.341 e. The molecule has 0 radical (unpaired) electrons. The average molecular weight is 253 g/mol. The fourth-order valence-corrected chi connectivity index (χ4v) is 1.19. The predicted molar refractivity (Wildman–Crippen MR) is 62.7 cm³/mol. The van der Waals surface area contributed by atoms with Gasteiger partial charge in [-0.25, -0.2) is 15.1 Å². The van der Waals surface area contributed by atoms with Crippen LogP contribution in [0.2, 0.25) is 0 Å². The number of aromatic nitrogens is 1. The lowest BCUT2D eigenvalue weighted by Gasteiger charge is -2.17. The Kier molecular flexibility index (Phi) is 5.59. The van der Waals surface area contributed by atoms with Gasteiger partial charge in [0.15, 0.2) is 6.61 Å². The molecule has 0 aromatic carbocycles. The second kappa shape index (κ2) is 7.23. The summed E-state index contributed by atoms with van der Waals surface area (Å²) < 4.78 is 0. The molecule has 1 rings (SSSR count). The Labute approximate surface area is 104 Å². The highest BCUT2D eigenvalue weighted by molar-refractivity contribution is 5.73. The van der Waals surface area contributed by atoms with Gasteiger partial charge in [-0.1, -0.05) is 0 Å². The molecular formula is C11H15N3O4. The van der Waals surface area contributed by atoms with Crippen LogP contribution < -0.4 is 5.48 Å². The van der Waals surface area contributed by atoms with Crippen LogP contribution in [0.15, 0.2) is 24.5 Å². The lowest BCUT2D eigenvalue weighted by molar-refractivity contribution is -0.144. The Bertz CT molecular complexity index is 397. The first-order valence-corrected chi connectivity index (χ1v) is 5.33. The number of rotatable bonds is 6. The molecule has 0 unspecified atom stereocenters. The van der Waals surface area contributed by atoms with E-state index >= 15 is 0 Å². The predicted octanol–water partition coefficient (Wildman–Crippen LogP) is 0.282. The number of urea groups is 1. The van der Waals surface area contributed by atoms with E-state index in [0.29, 0.717) is 13.0 Å². The standard InChI is InChI=1S/C11H15N3O4/c1-14(11(17)13-18-8-10(15)16)7-4-9-2-5-12-6-3-9/h2-3,5-6H,4,7-8H2,1H3,(H,13,17)(H,15,16). The Morgan fingerprint density at radius 1 is 1.44 bits per heavy atom. The third-order valence-corrected chi connectivity index (χ3v) is 2.19. The van der Waals surface area contributed by atoms with Crippen LogP contribution in [0.25, 0.3) is 0 Å². The summed E-state index contributed by atoms with van der Waals surface area (Å²) in [4.78, 5) is 31.4. The largest absolute Gasteiger partial charge is 0.479 e. The number of likely N-dealkylation sites (N-methyl/N-ethyl adjacent to an activating group) is 1. The highest BCUT2D eigenvalue weighted by Crippen LogP contribution is 1.98. The first-order chi connectivity index (χ1) is 8.59. The summed E-state index contributed by atoms with van der Waals surface area (Å²) in [5.74, 6) is -1.14. The van der Waals surface area contributed by atoms with Crippen LogP contribution >= 0.6 is 0 Å². The molecule has 1 aromatic heterocycles. The molecule has 0 aliphatic rings. The summed E-state index contributed by atoms with van der Waals surface area (Å²) in [5, 5.41) is 8.32. The van der Waals surface area contributed by atoms with Gasteiger partial charge in [0.2, 0.25) is 0 Å². The summed E-state index contributed by atoms with van der Waals surface area (Å²) in [5.41, 5.74) is 3.11. The minimum atomic E-state index is -1.14. The van der Waals surface area contributed by atoms with Crippen molar-refractivity contribution in [1.82, 2.24) is 15.4 Å². The van der Waals surface area contributed by atoms with Crippen molar-refractivity contribution in [1.29, 1.82) is 0 Å². The van der Waals surface area contributed by atoms with Crippen LogP contribution in [-0.4, -0.2) is 47.2 Å². The van der Waals surface area contributed by atoms with E-state index in [1.807, 2.05) is 17.6 Å². The number of nitrogens with one attached hydrogen (secondary N) is 1. The molecule has 0 spiro atoms. The van der Waals surface area contributed by atoms with Crippen molar-refractivity contribution in [2.45, 2.75) is 6.42 Å². The Balaban J connectivity index is 2.25. The normalized spacial score (nSPS) is 9.83. The van der Waals surface area contributed by atoms with Gasteiger partial charge >= 0.3 is 12.0 Å². The molecule has 18 heavy (non-hydrogen) atoms. The van der Waals surface area contributed by atoms with E-state index in [1.165, 1.54) is 4.90 Å². The van der Waals surface area contributed by atoms with E-state index in [-0.39, 0.29) is 0 Å². The minimum Gasteiger partial charge on any atom is -0.479 e. The topological polar surface area (TPSA) is 91.8 Å². The molecule has 98 valence electrons. The van der Waals surface area contributed by atoms with Gasteiger partial charge in [0.05, 0.1) is 0 Å². The van der Waals surface area contributed by atoms with Crippen molar-refractivity contribution in [2.24, 2.45) is 0 Å². The second-order valence-corrected chi connectivity index (χ2v) is 3.62. The highest BCUT2D eigenvalue weighted by atomic mass is 16.7. The summed E-state index contributed by atoms with van der Waals surface area (Å²) in [7, 11) is 1.60. The zero-order chi connectivity index (χ0) is 13.4. The Morgan fingerprint density at radius 2 is 2.11 bits per heavy atom. The maximum atomic E-state index is 11.4. The van der Waals surface area contributed by atoms with E-state index in [1.54, 1.807) is 19.4 Å². The number of carbonyl (C=O) groups is 2. The van der Waals surface area contributed by atoms with Crippen LogP contribution in [0.5, 0.6) is 0 Å². The first-order valence-electron chi connectivity index (χ1n) is 5.33. The molecule has 0 atom stereocenters. The maximum absolute atomic E-state index is 11.4. The molecule has 2 N–H and O–H groups in total. The molecule has 7 nitrogen and oxygen atoms in total. The van der Waals surface area contributed by atoms with E-state index in [2.05, 4.69) is 9.82 Å². The number of carbonyl (C=O) groups excluding carboxylic acids is 1. The molecule has 1 heterocycles. The Morgan fingerprint density at radius 3 is 2.72 bits per heavy atom. The minimum absolute atomic E-state index is 0.481. The number of hydroxylamine groups is 1. The lowest BCUT2D eigenvalue weighted by atomic mass is 10.2. The number of hydrogen-bond acceptors (Lipinski definition) is 4. The van der Waals surface area contributed by atoms with E-state index in [0.717, 1.165) is 5.56 Å². The number of carboxylic acid groups (broad SMARTS) is 1. The summed E-state index contributed by atoms with van der Waals surface area (Å²) in [6.07, 6.45) is 4.06. The second-order valence-electron chi connectivity index (χ2n) is 3.62. The van der Waals surface area contributed by atoms with Gasteiger partial charge in [0, 0.05) is 26.0 Å². The summed E-state index contributed by atoms with van der Waals surface area (Å²) in [6.45, 7) is -0.0732. The van der Waals surface area contributed by atoms with Crippen LogP contribution in [0, 0.1) is 0 Å². The van der Waals surface area contributed by atoms with E-state index in [9.17, 15) is 9.59 Å². The van der Waals surface area contributed by atoms with Gasteiger partial charge in [-0.15, -0.1) is 0 Å². The number of hydrogen-bond donors (Lipinski definition) is 2. The molecule has 1 aromatic rings. The fourth-order valence-electron chi connectivity index (χ4n) is 1.19. The lowest BCUT2D eigenvalue weighted by Crippen LogP contribution is -2.39. The number of nitrogens with zero attached hydrogens (tertiary/aromatic N) is 2. The zero-order valence-corrected chi connectivity index (χ0v) is 10.00. The van der Waals surface area contributed by atoms with Crippen LogP contribution in [0.3, 0.4) is 0 Å². The highest BCUT2D eigenvalue weighted by Gasteiger charge is 2.08. The zero-order valence-electron chi connectivity index (χ0n) is 10.00. The van der Waals surface area contributed by atoms with Crippen LogP contribution in [0.4, 0.5) is 4.79 Å². The third-order valence-electron chi connectivity index (χ3n) is 2.19. The number of aliphatic carboxylic acids is 1. The molecule has 2 amide bonds. The molecule has 0 aliphatic heterocycles. The molecule has 0 bridgehead atoms. The Hall–Kier alpha value is -2.15. The molecule has 0 fully saturated rings. The first kappa shape index (κ1) is 13.9. The van der Waals surface area contributed by atoms with Crippen molar-refractivity contribution in [2.75, 3.05) is 20.2 Å².